The normalized spacial score (nSPS) is 15.9. The highest BCUT2D eigenvalue weighted by molar-refractivity contribution is 6.32. The van der Waals surface area contributed by atoms with Gasteiger partial charge in [0, 0.05) is 17.8 Å². The van der Waals surface area contributed by atoms with Gasteiger partial charge in [0.2, 0.25) is 11.8 Å². The number of ketones is 1. The Hall–Kier alpha value is -3.48. The number of rotatable bonds is 4. The third-order valence-electron chi connectivity index (χ3n) is 4.39. The predicted octanol–water partition coefficient (Wildman–Crippen LogP) is 2.28. The molecule has 1 aliphatic rings. The molecule has 0 saturated carbocycles. The molecule has 0 aromatic heterocycles. The smallest absolute Gasteiger partial charge is 0.337 e. The van der Waals surface area contributed by atoms with Gasteiger partial charge < -0.3 is 15.0 Å². The number of hydrogen-bond donors (Lipinski definition) is 1. The Morgan fingerprint density at radius 1 is 1.07 bits per heavy atom. The lowest BCUT2D eigenvalue weighted by Crippen LogP contribution is -2.49. The minimum absolute atomic E-state index is 0.325. The van der Waals surface area contributed by atoms with Gasteiger partial charge in [-0.15, -0.1) is 0 Å². The maximum atomic E-state index is 12.7. The number of nitrogens with one attached hydrogen (secondary N) is 1. The van der Waals surface area contributed by atoms with Crippen LogP contribution < -0.4 is 10.2 Å². The molecule has 7 heteroatoms. The zero-order chi connectivity index (χ0) is 19.6. The molecule has 0 saturated heterocycles. The van der Waals surface area contributed by atoms with Gasteiger partial charge in [0.05, 0.1) is 18.4 Å². The number of carbonyl (C=O) groups is 4. The number of fused-ring (bicyclic) bond motifs is 1. The highest BCUT2D eigenvalue weighted by Gasteiger charge is 2.43. The van der Waals surface area contributed by atoms with Gasteiger partial charge in [-0.05, 0) is 43.3 Å². The molecule has 1 atom stereocenters. The van der Waals surface area contributed by atoms with E-state index in [0.717, 1.165) is 0 Å². The van der Waals surface area contributed by atoms with E-state index in [1.165, 1.54) is 36.3 Å². The number of Topliss-reactive ketones (excluding diaryl/α,β-unsaturated/α-hetero) is 1. The lowest BCUT2D eigenvalue weighted by molar-refractivity contribution is -0.129. The second-order valence-corrected chi connectivity index (χ2v) is 5.96. The van der Waals surface area contributed by atoms with Crippen LogP contribution in [0.25, 0.3) is 0 Å². The third kappa shape index (κ3) is 3.31. The largest absolute Gasteiger partial charge is 0.465 e. The van der Waals surface area contributed by atoms with Gasteiger partial charge >= 0.3 is 5.97 Å². The monoisotopic (exact) mass is 366 g/mol. The van der Waals surface area contributed by atoms with Crippen LogP contribution in [-0.2, 0) is 14.3 Å². The summed E-state index contributed by atoms with van der Waals surface area (Å²) < 4.78 is 4.62. The lowest BCUT2D eigenvalue weighted by Gasteiger charge is -2.31. The number of benzene rings is 2. The van der Waals surface area contributed by atoms with Crippen molar-refractivity contribution < 1.29 is 23.9 Å². The van der Waals surface area contributed by atoms with Gasteiger partial charge in [0.15, 0.2) is 11.7 Å². The number of ether oxygens (including phenoxy) is 1. The summed E-state index contributed by atoms with van der Waals surface area (Å²) in [5, 5.41) is 2.57. The van der Waals surface area contributed by atoms with Gasteiger partial charge in [0.1, 0.15) is 0 Å². The van der Waals surface area contributed by atoms with E-state index in [-0.39, 0.29) is 0 Å². The fraction of sp³-hybridized carbons (Fsp3) is 0.200. The summed E-state index contributed by atoms with van der Waals surface area (Å²) >= 11 is 0. The Kier molecular flexibility index (Phi) is 5.03. The Morgan fingerprint density at radius 3 is 2.37 bits per heavy atom. The Balaban J connectivity index is 1.85. The predicted molar refractivity (Wildman–Crippen MR) is 98.7 cm³/mol. The first-order valence-electron chi connectivity index (χ1n) is 8.41. The van der Waals surface area contributed by atoms with Crippen LogP contribution in [0.3, 0.4) is 0 Å². The van der Waals surface area contributed by atoms with Gasteiger partial charge in [-0.1, -0.05) is 12.1 Å². The summed E-state index contributed by atoms with van der Waals surface area (Å²) in [6.07, 6.45) is 0. The number of hydrogen-bond acceptors (Lipinski definition) is 5. The van der Waals surface area contributed by atoms with Crippen LogP contribution in [0.15, 0.2) is 48.5 Å². The van der Waals surface area contributed by atoms with Crippen molar-refractivity contribution in [3.05, 3.63) is 59.7 Å². The van der Waals surface area contributed by atoms with Crippen LogP contribution >= 0.6 is 0 Å². The average molecular weight is 366 g/mol. The van der Waals surface area contributed by atoms with Gasteiger partial charge in [-0.3, -0.25) is 14.4 Å². The molecule has 1 heterocycles. The molecule has 1 aliphatic heterocycles. The first-order chi connectivity index (χ1) is 13.0. The maximum Gasteiger partial charge on any atom is 0.337 e. The molecule has 7 nitrogen and oxygen atoms in total. The molecule has 0 spiro atoms. The van der Waals surface area contributed by atoms with E-state index in [4.69, 9.17) is 0 Å². The van der Waals surface area contributed by atoms with Crippen LogP contribution in [0.5, 0.6) is 0 Å². The molecule has 1 N–H and O–H groups in total. The highest BCUT2D eigenvalue weighted by Crippen LogP contribution is 2.31. The summed E-state index contributed by atoms with van der Waals surface area (Å²) in [5.74, 6) is -3.72. The van der Waals surface area contributed by atoms with Crippen molar-refractivity contribution in [2.45, 2.75) is 6.92 Å². The van der Waals surface area contributed by atoms with Crippen molar-refractivity contribution in [1.29, 1.82) is 0 Å². The molecule has 3 rings (SSSR count). The summed E-state index contributed by atoms with van der Waals surface area (Å²) in [5.41, 5.74) is 1.56. The fourth-order valence-electron chi connectivity index (χ4n) is 3.04. The van der Waals surface area contributed by atoms with Crippen molar-refractivity contribution in [2.75, 3.05) is 23.9 Å². The minimum Gasteiger partial charge on any atom is -0.465 e. The van der Waals surface area contributed by atoms with Gasteiger partial charge in [0.25, 0.3) is 0 Å². The number of amides is 2. The molecule has 2 aromatic rings. The van der Waals surface area contributed by atoms with Crippen molar-refractivity contribution in [1.82, 2.24) is 0 Å². The lowest BCUT2D eigenvalue weighted by atomic mass is 9.89. The Morgan fingerprint density at radius 2 is 1.74 bits per heavy atom. The molecule has 0 fully saturated rings. The topological polar surface area (TPSA) is 92.8 Å². The summed E-state index contributed by atoms with van der Waals surface area (Å²) in [6.45, 7) is 2.13. The van der Waals surface area contributed by atoms with E-state index in [9.17, 15) is 19.2 Å². The van der Waals surface area contributed by atoms with Crippen LogP contribution in [0.2, 0.25) is 0 Å². The molecule has 27 heavy (non-hydrogen) atoms. The van der Waals surface area contributed by atoms with Crippen molar-refractivity contribution in [3.8, 4) is 0 Å². The Labute approximate surface area is 155 Å². The molecule has 1 unspecified atom stereocenters. The molecule has 138 valence electrons. The van der Waals surface area contributed by atoms with Crippen molar-refractivity contribution in [2.24, 2.45) is 5.92 Å². The zero-order valence-corrected chi connectivity index (χ0v) is 14.9. The van der Waals surface area contributed by atoms with E-state index in [1.54, 1.807) is 31.2 Å². The molecular formula is C20H18N2O5. The van der Waals surface area contributed by atoms with Crippen molar-refractivity contribution >= 4 is 34.9 Å². The third-order valence-corrected chi connectivity index (χ3v) is 4.39. The van der Waals surface area contributed by atoms with Crippen LogP contribution in [0.4, 0.5) is 11.4 Å². The number of esters is 1. The molecule has 2 aromatic carbocycles. The Bertz CT molecular complexity index is 920. The zero-order valence-electron chi connectivity index (χ0n) is 14.9. The minimum atomic E-state index is -1.44. The standard InChI is InChI=1S/C20H18N2O5/c1-3-22-15-7-5-4-6-14(15)17(23)16(19(22)25)18(24)21-13-10-8-12(9-11-13)20(26)27-2/h4-11,16H,3H2,1-2H3,(H,21,24). The number of methoxy groups -OCH3 is 1. The van der Waals surface area contributed by atoms with E-state index in [0.29, 0.717) is 29.0 Å². The number of nitrogens with zero attached hydrogens (tertiary/aromatic N) is 1. The molecule has 0 radical (unpaired) electrons. The fourth-order valence-corrected chi connectivity index (χ4v) is 3.04. The summed E-state index contributed by atoms with van der Waals surface area (Å²) in [6, 6.07) is 12.7. The molecule has 0 bridgehead atoms. The average Bonchev–Trinajstić information content (AvgIpc) is 2.68. The first-order valence-corrected chi connectivity index (χ1v) is 8.41. The summed E-state index contributed by atoms with van der Waals surface area (Å²) in [4.78, 5) is 51.0. The van der Waals surface area contributed by atoms with Gasteiger partial charge in [-0.25, -0.2) is 4.79 Å². The van der Waals surface area contributed by atoms with E-state index in [2.05, 4.69) is 10.1 Å². The van der Waals surface area contributed by atoms with E-state index < -0.39 is 29.5 Å². The number of carbonyl (C=O) groups excluding carboxylic acids is 4. The molecule has 0 aliphatic carbocycles. The van der Waals surface area contributed by atoms with Crippen LogP contribution in [0.1, 0.15) is 27.6 Å². The quantitative estimate of drug-likeness (QED) is 0.662. The summed E-state index contributed by atoms with van der Waals surface area (Å²) in [7, 11) is 1.27. The molecule has 2 amide bonds. The van der Waals surface area contributed by atoms with Crippen LogP contribution in [-0.4, -0.2) is 37.2 Å². The number of para-hydroxylation sites is 1. The van der Waals surface area contributed by atoms with Crippen molar-refractivity contribution in [3.63, 3.8) is 0 Å². The van der Waals surface area contributed by atoms with E-state index in [1.807, 2.05) is 0 Å². The highest BCUT2D eigenvalue weighted by atomic mass is 16.5. The molecular weight excluding hydrogens is 348 g/mol. The van der Waals surface area contributed by atoms with Gasteiger partial charge in [-0.2, -0.15) is 0 Å². The SMILES string of the molecule is CCN1C(=O)C(C(=O)Nc2ccc(C(=O)OC)cc2)C(=O)c2ccccc21. The number of anilines is 2. The maximum absolute atomic E-state index is 12.7. The second-order valence-electron chi connectivity index (χ2n) is 5.96. The van der Waals surface area contributed by atoms with E-state index >= 15 is 0 Å². The second kappa shape index (κ2) is 7.41. The first kappa shape index (κ1) is 18.3. The van der Waals surface area contributed by atoms with Crippen LogP contribution in [0, 0.1) is 5.92 Å².